The summed E-state index contributed by atoms with van der Waals surface area (Å²) in [5.74, 6) is 1.27. The summed E-state index contributed by atoms with van der Waals surface area (Å²) in [6.45, 7) is 2.45. The Morgan fingerprint density at radius 3 is 2.71 bits per heavy atom. The van der Waals surface area contributed by atoms with Gasteiger partial charge in [-0.15, -0.1) is 0 Å². The molecular formula is C12H16N4O. The Labute approximate surface area is 100 Å². The van der Waals surface area contributed by atoms with Crippen LogP contribution in [0, 0.1) is 6.92 Å². The van der Waals surface area contributed by atoms with Crippen LogP contribution in [0.1, 0.15) is 28.8 Å². The number of aromatic amines is 1. The molecular weight excluding hydrogens is 216 g/mol. The van der Waals surface area contributed by atoms with Gasteiger partial charge in [0.1, 0.15) is 6.61 Å². The van der Waals surface area contributed by atoms with Crippen LogP contribution in [-0.4, -0.2) is 22.3 Å². The molecule has 0 unspecified atom stereocenters. The molecule has 0 saturated heterocycles. The number of nitrogens with one attached hydrogen (secondary N) is 1. The first-order valence-electron chi connectivity index (χ1n) is 5.43. The number of hydrogen-bond donors (Lipinski definition) is 2. The molecule has 17 heavy (non-hydrogen) atoms. The number of methoxy groups -OCH3 is 1. The number of benzene rings is 1. The van der Waals surface area contributed by atoms with Gasteiger partial charge in [-0.1, -0.05) is 29.8 Å². The lowest BCUT2D eigenvalue weighted by Crippen LogP contribution is -2.13. The van der Waals surface area contributed by atoms with E-state index in [1.54, 1.807) is 7.11 Å². The van der Waals surface area contributed by atoms with Crippen molar-refractivity contribution in [3.05, 3.63) is 47.0 Å². The van der Waals surface area contributed by atoms with Crippen LogP contribution in [0.3, 0.4) is 0 Å². The zero-order valence-electron chi connectivity index (χ0n) is 9.97. The molecule has 0 radical (unpaired) electrons. The first-order valence-corrected chi connectivity index (χ1v) is 5.43. The van der Waals surface area contributed by atoms with Crippen molar-refractivity contribution < 1.29 is 4.74 Å². The molecule has 5 heteroatoms. The Hall–Kier alpha value is -1.72. The Bertz CT molecular complexity index is 478. The molecule has 90 valence electrons. The Balaban J connectivity index is 2.18. The van der Waals surface area contributed by atoms with E-state index in [-0.39, 0.29) is 6.04 Å². The topological polar surface area (TPSA) is 76.8 Å². The van der Waals surface area contributed by atoms with Gasteiger partial charge in [-0.25, -0.2) is 4.98 Å². The van der Waals surface area contributed by atoms with Gasteiger partial charge in [0.25, 0.3) is 0 Å². The van der Waals surface area contributed by atoms with Crippen LogP contribution in [0.4, 0.5) is 0 Å². The van der Waals surface area contributed by atoms with Crippen LogP contribution in [0.15, 0.2) is 24.3 Å². The molecule has 0 aliphatic heterocycles. The number of ether oxygens (including phenoxy) is 1. The molecule has 0 amide bonds. The molecule has 0 aliphatic carbocycles. The van der Waals surface area contributed by atoms with Gasteiger partial charge in [0, 0.05) is 7.11 Å². The lowest BCUT2D eigenvalue weighted by Gasteiger charge is -2.07. The Morgan fingerprint density at radius 2 is 2.06 bits per heavy atom. The van der Waals surface area contributed by atoms with Crippen LogP contribution in [-0.2, 0) is 11.3 Å². The monoisotopic (exact) mass is 232 g/mol. The van der Waals surface area contributed by atoms with E-state index in [9.17, 15) is 0 Å². The third-order valence-corrected chi connectivity index (χ3v) is 2.54. The molecule has 5 nitrogen and oxygen atoms in total. The highest BCUT2D eigenvalue weighted by molar-refractivity contribution is 5.27. The quantitative estimate of drug-likeness (QED) is 0.833. The highest BCUT2D eigenvalue weighted by atomic mass is 16.5. The lowest BCUT2D eigenvalue weighted by atomic mass is 10.1. The molecule has 0 spiro atoms. The van der Waals surface area contributed by atoms with Crippen molar-refractivity contribution in [1.82, 2.24) is 15.2 Å². The maximum absolute atomic E-state index is 6.09. The molecule has 1 atom stereocenters. The summed E-state index contributed by atoms with van der Waals surface area (Å²) in [6.07, 6.45) is 0. The largest absolute Gasteiger partial charge is 0.377 e. The molecule has 2 rings (SSSR count). The SMILES string of the molecule is COCc1nc([C@@H](N)c2ccc(C)cc2)n[nH]1. The van der Waals surface area contributed by atoms with Gasteiger partial charge in [-0.2, -0.15) is 5.10 Å². The number of nitrogens with zero attached hydrogens (tertiary/aromatic N) is 2. The number of nitrogens with two attached hydrogens (primary N) is 1. The van der Waals surface area contributed by atoms with Crippen LogP contribution in [0.25, 0.3) is 0 Å². The third-order valence-electron chi connectivity index (χ3n) is 2.54. The predicted octanol–water partition coefficient (Wildman–Crippen LogP) is 1.31. The Morgan fingerprint density at radius 1 is 1.35 bits per heavy atom. The van der Waals surface area contributed by atoms with Gasteiger partial charge < -0.3 is 10.5 Å². The van der Waals surface area contributed by atoms with Crippen molar-refractivity contribution in [1.29, 1.82) is 0 Å². The summed E-state index contributed by atoms with van der Waals surface area (Å²) in [4.78, 5) is 4.28. The minimum atomic E-state index is -0.308. The highest BCUT2D eigenvalue weighted by Gasteiger charge is 2.14. The summed E-state index contributed by atoms with van der Waals surface area (Å²) >= 11 is 0. The van der Waals surface area contributed by atoms with Crippen molar-refractivity contribution in [2.45, 2.75) is 19.6 Å². The van der Waals surface area contributed by atoms with Crippen molar-refractivity contribution in [3.63, 3.8) is 0 Å². The van der Waals surface area contributed by atoms with E-state index in [2.05, 4.69) is 15.2 Å². The molecule has 1 aromatic carbocycles. The van der Waals surface area contributed by atoms with E-state index < -0.39 is 0 Å². The third kappa shape index (κ3) is 2.69. The van der Waals surface area contributed by atoms with Crippen molar-refractivity contribution in [2.75, 3.05) is 7.11 Å². The molecule has 0 aliphatic rings. The maximum atomic E-state index is 6.09. The summed E-state index contributed by atoms with van der Waals surface area (Å²) in [5.41, 5.74) is 8.29. The molecule has 3 N–H and O–H groups in total. The van der Waals surface area contributed by atoms with Gasteiger partial charge in [-0.05, 0) is 12.5 Å². The zero-order chi connectivity index (χ0) is 12.3. The van der Waals surface area contributed by atoms with Gasteiger partial charge in [-0.3, -0.25) is 5.10 Å². The molecule has 0 saturated carbocycles. The fourth-order valence-corrected chi connectivity index (χ4v) is 1.57. The second-order valence-electron chi connectivity index (χ2n) is 3.96. The standard InChI is InChI=1S/C12H16N4O/c1-8-3-5-9(6-4-8)11(13)12-14-10(7-17-2)15-16-12/h3-6,11H,7,13H2,1-2H3,(H,14,15,16)/t11-/m0/s1. The van der Waals surface area contributed by atoms with Crippen LogP contribution in [0.2, 0.25) is 0 Å². The summed E-state index contributed by atoms with van der Waals surface area (Å²) < 4.78 is 4.97. The minimum Gasteiger partial charge on any atom is -0.377 e. The van der Waals surface area contributed by atoms with Crippen molar-refractivity contribution in [3.8, 4) is 0 Å². The van der Waals surface area contributed by atoms with Crippen LogP contribution in [0.5, 0.6) is 0 Å². The molecule has 0 bridgehead atoms. The molecule has 0 fully saturated rings. The molecule has 1 aromatic heterocycles. The highest BCUT2D eigenvalue weighted by Crippen LogP contribution is 2.16. The van der Waals surface area contributed by atoms with Gasteiger partial charge >= 0.3 is 0 Å². The van der Waals surface area contributed by atoms with Crippen molar-refractivity contribution in [2.24, 2.45) is 5.73 Å². The van der Waals surface area contributed by atoms with E-state index in [1.807, 2.05) is 31.2 Å². The second-order valence-corrected chi connectivity index (χ2v) is 3.96. The zero-order valence-corrected chi connectivity index (χ0v) is 9.97. The van der Waals surface area contributed by atoms with E-state index in [0.717, 1.165) is 5.56 Å². The van der Waals surface area contributed by atoms with Crippen molar-refractivity contribution >= 4 is 0 Å². The number of hydrogen-bond acceptors (Lipinski definition) is 4. The second kappa shape index (κ2) is 5.07. The number of H-pyrrole nitrogens is 1. The number of aryl methyl sites for hydroxylation is 1. The maximum Gasteiger partial charge on any atom is 0.171 e. The predicted molar refractivity (Wildman–Crippen MR) is 64.3 cm³/mol. The van der Waals surface area contributed by atoms with E-state index in [1.165, 1.54) is 5.56 Å². The first kappa shape index (κ1) is 11.8. The fourth-order valence-electron chi connectivity index (χ4n) is 1.57. The fraction of sp³-hybridized carbons (Fsp3) is 0.333. The van der Waals surface area contributed by atoms with Gasteiger partial charge in [0.05, 0.1) is 6.04 Å². The summed E-state index contributed by atoms with van der Waals surface area (Å²) in [5, 5.41) is 6.90. The van der Waals surface area contributed by atoms with Gasteiger partial charge in [0.2, 0.25) is 0 Å². The van der Waals surface area contributed by atoms with Gasteiger partial charge in [0.15, 0.2) is 11.6 Å². The lowest BCUT2D eigenvalue weighted by molar-refractivity contribution is 0.178. The average molecular weight is 232 g/mol. The normalized spacial score (nSPS) is 12.6. The van der Waals surface area contributed by atoms with Crippen LogP contribution < -0.4 is 5.73 Å². The number of rotatable bonds is 4. The average Bonchev–Trinajstić information content (AvgIpc) is 2.78. The Kier molecular flexibility index (Phi) is 3.51. The minimum absolute atomic E-state index is 0.308. The first-order chi connectivity index (χ1) is 8.20. The summed E-state index contributed by atoms with van der Waals surface area (Å²) in [7, 11) is 1.61. The van der Waals surface area contributed by atoms with Crippen LogP contribution >= 0.6 is 0 Å². The summed E-state index contributed by atoms with van der Waals surface area (Å²) in [6, 6.07) is 7.73. The van der Waals surface area contributed by atoms with E-state index in [4.69, 9.17) is 10.5 Å². The molecule has 2 aromatic rings. The van der Waals surface area contributed by atoms with E-state index in [0.29, 0.717) is 18.3 Å². The number of aromatic nitrogens is 3. The molecule has 1 heterocycles. The van der Waals surface area contributed by atoms with E-state index >= 15 is 0 Å². The smallest absolute Gasteiger partial charge is 0.171 e.